The van der Waals surface area contributed by atoms with E-state index in [0.717, 1.165) is 25.9 Å². The third-order valence-corrected chi connectivity index (χ3v) is 3.66. The SMILES string of the molecule is O=C(COc1ccc(Cl)c(Cl)c1)NC1CCCNC1. The quantitative estimate of drug-likeness (QED) is 0.897. The van der Waals surface area contributed by atoms with Crippen LogP contribution in [0.15, 0.2) is 18.2 Å². The Kier molecular flexibility index (Phi) is 5.31. The molecular formula is C13H16Cl2N2O2. The molecule has 6 heteroatoms. The molecule has 2 rings (SSSR count). The number of hydrogen-bond acceptors (Lipinski definition) is 3. The van der Waals surface area contributed by atoms with Crippen LogP contribution in [-0.4, -0.2) is 31.6 Å². The van der Waals surface area contributed by atoms with Gasteiger partial charge in [-0.05, 0) is 31.5 Å². The summed E-state index contributed by atoms with van der Waals surface area (Å²) in [4.78, 5) is 11.7. The highest BCUT2D eigenvalue weighted by atomic mass is 35.5. The molecule has 0 aromatic heterocycles. The third kappa shape index (κ3) is 4.56. The third-order valence-electron chi connectivity index (χ3n) is 2.92. The van der Waals surface area contributed by atoms with Crippen LogP contribution < -0.4 is 15.4 Å². The second kappa shape index (κ2) is 6.98. The van der Waals surface area contributed by atoms with Gasteiger partial charge in [0, 0.05) is 18.7 Å². The van der Waals surface area contributed by atoms with Crippen LogP contribution in [0, 0.1) is 0 Å². The summed E-state index contributed by atoms with van der Waals surface area (Å²) < 4.78 is 5.37. The van der Waals surface area contributed by atoms with E-state index < -0.39 is 0 Å². The maximum Gasteiger partial charge on any atom is 0.258 e. The Balaban J connectivity index is 1.77. The van der Waals surface area contributed by atoms with Gasteiger partial charge in [0.05, 0.1) is 10.0 Å². The van der Waals surface area contributed by atoms with Gasteiger partial charge in [0.25, 0.3) is 5.91 Å². The predicted molar refractivity (Wildman–Crippen MR) is 76.0 cm³/mol. The number of carbonyl (C=O) groups is 1. The van der Waals surface area contributed by atoms with Crippen LogP contribution in [0.4, 0.5) is 0 Å². The lowest BCUT2D eigenvalue weighted by Gasteiger charge is -2.23. The van der Waals surface area contributed by atoms with Crippen molar-refractivity contribution in [2.75, 3.05) is 19.7 Å². The molecule has 0 bridgehead atoms. The molecule has 0 saturated carbocycles. The summed E-state index contributed by atoms with van der Waals surface area (Å²) in [7, 11) is 0. The smallest absolute Gasteiger partial charge is 0.258 e. The number of halogens is 2. The van der Waals surface area contributed by atoms with Crippen LogP contribution in [-0.2, 0) is 4.79 Å². The van der Waals surface area contributed by atoms with Crippen molar-refractivity contribution in [1.29, 1.82) is 0 Å². The summed E-state index contributed by atoms with van der Waals surface area (Å²) in [6.45, 7) is 1.82. The summed E-state index contributed by atoms with van der Waals surface area (Å²) in [5, 5.41) is 7.05. The Hall–Kier alpha value is -0.970. The van der Waals surface area contributed by atoms with Gasteiger partial charge in [-0.1, -0.05) is 23.2 Å². The molecule has 4 nitrogen and oxygen atoms in total. The van der Waals surface area contributed by atoms with E-state index in [1.54, 1.807) is 18.2 Å². The molecule has 1 saturated heterocycles. The van der Waals surface area contributed by atoms with Gasteiger partial charge >= 0.3 is 0 Å². The van der Waals surface area contributed by atoms with Gasteiger partial charge in [-0.2, -0.15) is 0 Å². The molecule has 2 N–H and O–H groups in total. The van der Waals surface area contributed by atoms with E-state index in [-0.39, 0.29) is 18.6 Å². The summed E-state index contributed by atoms with van der Waals surface area (Å²) in [5.41, 5.74) is 0. The minimum absolute atomic E-state index is 0.0194. The van der Waals surface area contributed by atoms with Gasteiger partial charge in [-0.15, -0.1) is 0 Å². The lowest BCUT2D eigenvalue weighted by Crippen LogP contribution is -2.46. The lowest BCUT2D eigenvalue weighted by atomic mass is 10.1. The summed E-state index contributed by atoms with van der Waals surface area (Å²) in [6.07, 6.45) is 2.09. The van der Waals surface area contributed by atoms with Crippen molar-refractivity contribution >= 4 is 29.1 Å². The molecule has 19 heavy (non-hydrogen) atoms. The zero-order chi connectivity index (χ0) is 13.7. The van der Waals surface area contributed by atoms with Gasteiger partial charge in [0.15, 0.2) is 6.61 Å². The molecule has 1 aromatic rings. The molecular weight excluding hydrogens is 287 g/mol. The van der Waals surface area contributed by atoms with Crippen molar-refractivity contribution < 1.29 is 9.53 Å². The first kappa shape index (κ1) is 14.4. The van der Waals surface area contributed by atoms with E-state index >= 15 is 0 Å². The summed E-state index contributed by atoms with van der Waals surface area (Å²) in [5.74, 6) is 0.408. The van der Waals surface area contributed by atoms with Crippen molar-refractivity contribution in [1.82, 2.24) is 10.6 Å². The number of benzene rings is 1. The number of piperidine rings is 1. The second-order valence-electron chi connectivity index (χ2n) is 4.48. The van der Waals surface area contributed by atoms with Gasteiger partial charge in [0.1, 0.15) is 5.75 Å². The summed E-state index contributed by atoms with van der Waals surface area (Å²) >= 11 is 11.7. The second-order valence-corrected chi connectivity index (χ2v) is 5.29. The van der Waals surface area contributed by atoms with Crippen LogP contribution in [0.5, 0.6) is 5.75 Å². The zero-order valence-corrected chi connectivity index (χ0v) is 11.9. The van der Waals surface area contributed by atoms with E-state index in [1.165, 1.54) is 0 Å². The Morgan fingerprint density at radius 1 is 1.42 bits per heavy atom. The standard InChI is InChI=1S/C13H16Cl2N2O2/c14-11-4-3-10(6-12(11)15)19-8-13(18)17-9-2-1-5-16-7-9/h3-4,6,9,16H,1-2,5,7-8H2,(H,17,18). The first-order valence-electron chi connectivity index (χ1n) is 6.23. The molecule has 1 amide bonds. The molecule has 1 fully saturated rings. The fourth-order valence-corrected chi connectivity index (χ4v) is 2.25. The van der Waals surface area contributed by atoms with Crippen LogP contribution in [0.25, 0.3) is 0 Å². The number of hydrogen-bond donors (Lipinski definition) is 2. The number of nitrogens with one attached hydrogen (secondary N) is 2. The van der Waals surface area contributed by atoms with Crippen molar-refractivity contribution in [3.8, 4) is 5.75 Å². The average molecular weight is 303 g/mol. The fraction of sp³-hybridized carbons (Fsp3) is 0.462. The average Bonchev–Trinajstić information content (AvgIpc) is 2.41. The van der Waals surface area contributed by atoms with E-state index in [1.807, 2.05) is 0 Å². The first-order chi connectivity index (χ1) is 9.15. The Morgan fingerprint density at radius 2 is 2.26 bits per heavy atom. The van der Waals surface area contributed by atoms with Crippen molar-refractivity contribution in [2.45, 2.75) is 18.9 Å². The van der Waals surface area contributed by atoms with Crippen molar-refractivity contribution in [2.24, 2.45) is 0 Å². The molecule has 1 aromatic carbocycles. The van der Waals surface area contributed by atoms with E-state index in [4.69, 9.17) is 27.9 Å². The normalized spacial score (nSPS) is 18.9. The maximum atomic E-state index is 11.7. The topological polar surface area (TPSA) is 50.4 Å². The van der Waals surface area contributed by atoms with Crippen LogP contribution in [0.2, 0.25) is 10.0 Å². The highest BCUT2D eigenvalue weighted by Crippen LogP contribution is 2.26. The van der Waals surface area contributed by atoms with Gasteiger partial charge in [-0.3, -0.25) is 4.79 Å². The lowest BCUT2D eigenvalue weighted by molar-refractivity contribution is -0.123. The van der Waals surface area contributed by atoms with Gasteiger partial charge < -0.3 is 15.4 Å². The number of amides is 1. The Labute approximate surface area is 122 Å². The first-order valence-corrected chi connectivity index (χ1v) is 6.98. The molecule has 1 unspecified atom stereocenters. The molecule has 0 radical (unpaired) electrons. The zero-order valence-electron chi connectivity index (χ0n) is 10.4. The number of carbonyl (C=O) groups excluding carboxylic acids is 1. The fourth-order valence-electron chi connectivity index (χ4n) is 1.96. The molecule has 1 atom stereocenters. The van der Waals surface area contributed by atoms with E-state index in [0.29, 0.717) is 15.8 Å². The molecule has 0 spiro atoms. The van der Waals surface area contributed by atoms with Crippen LogP contribution in [0.3, 0.4) is 0 Å². The Morgan fingerprint density at radius 3 is 2.95 bits per heavy atom. The molecule has 0 aliphatic carbocycles. The van der Waals surface area contributed by atoms with E-state index in [9.17, 15) is 4.79 Å². The number of rotatable bonds is 4. The predicted octanol–water partition coefficient (Wildman–Crippen LogP) is 2.24. The molecule has 1 heterocycles. The highest BCUT2D eigenvalue weighted by Gasteiger charge is 2.15. The minimum atomic E-state index is -0.125. The largest absolute Gasteiger partial charge is 0.484 e. The van der Waals surface area contributed by atoms with Gasteiger partial charge in [-0.25, -0.2) is 0 Å². The van der Waals surface area contributed by atoms with Crippen molar-refractivity contribution in [3.05, 3.63) is 28.2 Å². The molecule has 104 valence electrons. The maximum absolute atomic E-state index is 11.7. The van der Waals surface area contributed by atoms with Crippen LogP contribution >= 0.6 is 23.2 Å². The number of ether oxygens (including phenoxy) is 1. The Bertz CT molecular complexity index is 448. The molecule has 1 aliphatic rings. The summed E-state index contributed by atoms with van der Waals surface area (Å²) in [6, 6.07) is 5.11. The van der Waals surface area contributed by atoms with Gasteiger partial charge in [0.2, 0.25) is 0 Å². The van der Waals surface area contributed by atoms with Crippen LogP contribution in [0.1, 0.15) is 12.8 Å². The molecule has 1 aliphatic heterocycles. The monoisotopic (exact) mass is 302 g/mol. The highest BCUT2D eigenvalue weighted by molar-refractivity contribution is 6.42. The van der Waals surface area contributed by atoms with E-state index in [2.05, 4.69) is 10.6 Å². The minimum Gasteiger partial charge on any atom is -0.484 e. The van der Waals surface area contributed by atoms with Crippen molar-refractivity contribution in [3.63, 3.8) is 0 Å².